The number of carbonyl (C=O) groups is 1. The highest BCUT2D eigenvalue weighted by molar-refractivity contribution is 7.89. The van der Waals surface area contributed by atoms with Crippen LogP contribution in [0.25, 0.3) is 5.82 Å². The lowest BCUT2D eigenvalue weighted by Gasteiger charge is -2.25. The van der Waals surface area contributed by atoms with Crippen LogP contribution in [0.3, 0.4) is 0 Å². The zero-order chi connectivity index (χ0) is 23.4. The van der Waals surface area contributed by atoms with Crippen LogP contribution in [-0.4, -0.2) is 53.0 Å². The van der Waals surface area contributed by atoms with Gasteiger partial charge in [-0.05, 0) is 75.1 Å². The van der Waals surface area contributed by atoms with Gasteiger partial charge >= 0.3 is 0 Å². The van der Waals surface area contributed by atoms with Gasteiger partial charge in [-0.3, -0.25) is 4.79 Å². The highest BCUT2D eigenvalue weighted by Crippen LogP contribution is 2.21. The Morgan fingerprint density at radius 1 is 1.03 bits per heavy atom. The zero-order valence-electron chi connectivity index (χ0n) is 19.0. The second kappa shape index (κ2) is 9.84. The maximum absolute atomic E-state index is 12.8. The third kappa shape index (κ3) is 4.99. The first-order valence-electron chi connectivity index (χ1n) is 11.2. The smallest absolute Gasteiger partial charge is 0.251 e. The highest BCUT2D eigenvalue weighted by atomic mass is 32.2. The van der Waals surface area contributed by atoms with Gasteiger partial charge in [0.15, 0.2) is 5.82 Å². The van der Waals surface area contributed by atoms with E-state index in [1.54, 1.807) is 18.3 Å². The van der Waals surface area contributed by atoms with E-state index >= 15 is 0 Å². The summed E-state index contributed by atoms with van der Waals surface area (Å²) in [6, 6.07) is 11.9. The number of piperidine rings is 1. The van der Waals surface area contributed by atoms with Gasteiger partial charge in [0.1, 0.15) is 0 Å². The second-order valence-electron chi connectivity index (χ2n) is 8.24. The molecule has 3 aromatic rings. The van der Waals surface area contributed by atoms with Gasteiger partial charge in [0.05, 0.1) is 10.6 Å². The van der Waals surface area contributed by atoms with Gasteiger partial charge < -0.3 is 5.32 Å². The molecule has 4 rings (SSSR count). The van der Waals surface area contributed by atoms with Crippen LogP contribution in [0.5, 0.6) is 0 Å². The van der Waals surface area contributed by atoms with E-state index in [2.05, 4.69) is 15.4 Å². The van der Waals surface area contributed by atoms with Crippen molar-refractivity contribution in [3.8, 4) is 5.82 Å². The number of rotatable bonds is 7. The van der Waals surface area contributed by atoms with Crippen molar-refractivity contribution in [2.24, 2.45) is 0 Å². The number of nitrogens with one attached hydrogen (secondary N) is 1. The fourth-order valence-electron chi connectivity index (χ4n) is 4.17. The van der Waals surface area contributed by atoms with Crippen molar-refractivity contribution in [3.05, 3.63) is 71.2 Å². The molecule has 1 N–H and O–H groups in total. The maximum Gasteiger partial charge on any atom is 0.251 e. The summed E-state index contributed by atoms with van der Waals surface area (Å²) in [5.74, 6) is 0.525. The summed E-state index contributed by atoms with van der Waals surface area (Å²) in [5.41, 5.74) is 3.40. The molecule has 174 valence electrons. The monoisotopic (exact) mass is 467 g/mol. The molecule has 0 saturated carbocycles. The van der Waals surface area contributed by atoms with Crippen molar-refractivity contribution in [2.75, 3.05) is 19.6 Å². The fourth-order valence-corrected chi connectivity index (χ4v) is 5.69. The van der Waals surface area contributed by atoms with Gasteiger partial charge in [0.2, 0.25) is 10.0 Å². The standard InChI is InChI=1S/C24H29N5O3S/c1-18-22(19(2)29(27-18)23-8-4-5-14-25-23)13-15-26-24(30)20-9-11-21(12-10-20)33(31,32)28-16-6-3-7-17-28/h4-5,8-12,14H,3,6-7,13,15-17H2,1-2H3,(H,26,30). The van der Waals surface area contributed by atoms with Gasteiger partial charge in [-0.15, -0.1) is 0 Å². The summed E-state index contributed by atoms with van der Waals surface area (Å²) >= 11 is 0. The van der Waals surface area contributed by atoms with Crippen molar-refractivity contribution in [3.63, 3.8) is 0 Å². The first-order valence-corrected chi connectivity index (χ1v) is 12.7. The van der Waals surface area contributed by atoms with Crippen LogP contribution in [0.2, 0.25) is 0 Å². The molecule has 0 atom stereocenters. The molecule has 1 amide bonds. The number of aromatic nitrogens is 3. The second-order valence-corrected chi connectivity index (χ2v) is 10.2. The van der Waals surface area contributed by atoms with Crippen LogP contribution in [-0.2, 0) is 16.4 Å². The zero-order valence-corrected chi connectivity index (χ0v) is 19.8. The average Bonchev–Trinajstić information content (AvgIpc) is 3.13. The van der Waals surface area contributed by atoms with E-state index in [-0.39, 0.29) is 10.8 Å². The maximum atomic E-state index is 12.8. The lowest BCUT2D eigenvalue weighted by Crippen LogP contribution is -2.35. The predicted octanol–water partition coefficient (Wildman–Crippen LogP) is 3.03. The molecule has 1 saturated heterocycles. The molecule has 0 spiro atoms. The van der Waals surface area contributed by atoms with Crippen LogP contribution in [0, 0.1) is 13.8 Å². The lowest BCUT2D eigenvalue weighted by atomic mass is 10.1. The minimum Gasteiger partial charge on any atom is -0.352 e. The highest BCUT2D eigenvalue weighted by Gasteiger charge is 2.26. The topological polar surface area (TPSA) is 97.2 Å². The molecule has 8 nitrogen and oxygen atoms in total. The van der Waals surface area contributed by atoms with E-state index in [1.165, 1.54) is 16.4 Å². The number of benzene rings is 1. The number of carbonyl (C=O) groups excluding carboxylic acids is 1. The summed E-state index contributed by atoms with van der Waals surface area (Å²) in [6.07, 6.45) is 5.21. The minimum absolute atomic E-state index is 0.231. The van der Waals surface area contributed by atoms with Gasteiger partial charge in [-0.25, -0.2) is 18.1 Å². The number of amides is 1. The minimum atomic E-state index is -3.50. The summed E-state index contributed by atoms with van der Waals surface area (Å²) in [6.45, 7) is 5.50. The molecule has 1 aliphatic heterocycles. The Balaban J connectivity index is 1.37. The van der Waals surface area contributed by atoms with Crippen molar-refractivity contribution >= 4 is 15.9 Å². The van der Waals surface area contributed by atoms with Gasteiger partial charge in [-0.1, -0.05) is 12.5 Å². The molecule has 1 fully saturated rings. The molecule has 0 unspecified atom stereocenters. The molecule has 2 aromatic heterocycles. The Labute approximate surface area is 194 Å². The van der Waals surface area contributed by atoms with E-state index < -0.39 is 10.0 Å². The Morgan fingerprint density at radius 2 is 1.76 bits per heavy atom. The molecule has 1 aliphatic rings. The Morgan fingerprint density at radius 3 is 2.42 bits per heavy atom. The van der Waals surface area contributed by atoms with Crippen LogP contribution in [0.1, 0.15) is 46.6 Å². The fraction of sp³-hybridized carbons (Fsp3) is 0.375. The van der Waals surface area contributed by atoms with Gasteiger partial charge in [0, 0.05) is 37.1 Å². The Hall–Kier alpha value is -3.04. The normalized spacial score (nSPS) is 14.8. The number of nitrogens with zero attached hydrogens (tertiary/aromatic N) is 4. The van der Waals surface area contributed by atoms with E-state index in [4.69, 9.17) is 0 Å². The van der Waals surface area contributed by atoms with Crippen LogP contribution < -0.4 is 5.32 Å². The van der Waals surface area contributed by atoms with Crippen LogP contribution >= 0.6 is 0 Å². The molecule has 33 heavy (non-hydrogen) atoms. The van der Waals surface area contributed by atoms with Crippen molar-refractivity contribution in [1.82, 2.24) is 24.4 Å². The molecular formula is C24H29N5O3S. The van der Waals surface area contributed by atoms with E-state index in [1.807, 2.05) is 36.7 Å². The Kier molecular flexibility index (Phi) is 6.90. The number of hydrogen-bond acceptors (Lipinski definition) is 5. The SMILES string of the molecule is Cc1nn(-c2ccccn2)c(C)c1CCNC(=O)c1ccc(S(=O)(=O)N2CCCCC2)cc1. The summed E-state index contributed by atoms with van der Waals surface area (Å²) in [5, 5.41) is 7.51. The predicted molar refractivity (Wildman–Crippen MR) is 126 cm³/mol. The largest absolute Gasteiger partial charge is 0.352 e. The molecule has 1 aromatic carbocycles. The van der Waals surface area contributed by atoms with E-state index in [0.717, 1.165) is 42.0 Å². The average molecular weight is 468 g/mol. The van der Waals surface area contributed by atoms with Gasteiger partial charge in [-0.2, -0.15) is 9.40 Å². The molecule has 0 bridgehead atoms. The van der Waals surface area contributed by atoms with E-state index in [0.29, 0.717) is 31.6 Å². The molecule has 0 aliphatic carbocycles. The lowest BCUT2D eigenvalue weighted by molar-refractivity contribution is 0.0954. The van der Waals surface area contributed by atoms with Crippen LogP contribution in [0.4, 0.5) is 0 Å². The number of hydrogen-bond donors (Lipinski definition) is 1. The first-order chi connectivity index (χ1) is 15.9. The number of sulfonamides is 1. The van der Waals surface area contributed by atoms with Crippen molar-refractivity contribution in [1.29, 1.82) is 0 Å². The number of aryl methyl sites for hydroxylation is 1. The van der Waals surface area contributed by atoms with E-state index in [9.17, 15) is 13.2 Å². The van der Waals surface area contributed by atoms with Crippen molar-refractivity contribution in [2.45, 2.75) is 44.4 Å². The summed E-state index contributed by atoms with van der Waals surface area (Å²) in [7, 11) is -3.50. The summed E-state index contributed by atoms with van der Waals surface area (Å²) < 4.78 is 28.9. The van der Waals surface area contributed by atoms with Crippen molar-refractivity contribution < 1.29 is 13.2 Å². The quantitative estimate of drug-likeness (QED) is 0.576. The molecular weight excluding hydrogens is 438 g/mol. The van der Waals surface area contributed by atoms with Crippen LogP contribution in [0.15, 0.2) is 53.6 Å². The molecule has 0 radical (unpaired) electrons. The molecule has 3 heterocycles. The Bertz CT molecular complexity index is 1210. The molecule has 9 heteroatoms. The summed E-state index contributed by atoms with van der Waals surface area (Å²) in [4.78, 5) is 17.2. The third-order valence-electron chi connectivity index (χ3n) is 6.04. The first kappa shape index (κ1) is 23.1. The van der Waals surface area contributed by atoms with Gasteiger partial charge in [0.25, 0.3) is 5.91 Å². The third-order valence-corrected chi connectivity index (χ3v) is 7.95. The number of pyridine rings is 1.